The summed E-state index contributed by atoms with van der Waals surface area (Å²) in [6.45, 7) is 3.79. The maximum atomic E-state index is 13.0. The molecule has 3 aromatic heterocycles. The van der Waals surface area contributed by atoms with Crippen LogP contribution in [0.3, 0.4) is 0 Å². The van der Waals surface area contributed by atoms with Gasteiger partial charge >= 0.3 is 11.9 Å². The lowest BCUT2D eigenvalue weighted by Gasteiger charge is -2.19. The van der Waals surface area contributed by atoms with Crippen LogP contribution in [0.25, 0.3) is 21.6 Å². The van der Waals surface area contributed by atoms with Crippen molar-refractivity contribution in [3.63, 3.8) is 0 Å². The highest BCUT2D eigenvalue weighted by Gasteiger charge is 2.40. The van der Waals surface area contributed by atoms with E-state index in [2.05, 4.69) is 9.97 Å². The maximum Gasteiger partial charge on any atom is 0.338 e. The van der Waals surface area contributed by atoms with E-state index in [0.29, 0.717) is 34.5 Å². The van der Waals surface area contributed by atoms with Gasteiger partial charge in [-0.25, -0.2) is 19.6 Å². The zero-order valence-electron chi connectivity index (χ0n) is 22.5. The van der Waals surface area contributed by atoms with E-state index in [1.807, 2.05) is 55.6 Å². The minimum absolute atomic E-state index is 0.0995. The normalized spacial score (nSPS) is 18.4. The fraction of sp³-hybridized carbons (Fsp3) is 0.226. The molecule has 0 radical (unpaired) electrons. The van der Waals surface area contributed by atoms with Crippen molar-refractivity contribution in [3.8, 4) is 10.4 Å². The summed E-state index contributed by atoms with van der Waals surface area (Å²) in [7, 11) is 0. The van der Waals surface area contributed by atoms with Crippen molar-refractivity contribution in [1.29, 1.82) is 0 Å². The van der Waals surface area contributed by atoms with Crippen LogP contribution in [0, 0.1) is 13.8 Å². The first-order valence-electron chi connectivity index (χ1n) is 13.2. The number of pyridine rings is 1. The van der Waals surface area contributed by atoms with Gasteiger partial charge in [0.05, 0.1) is 17.5 Å². The Hall–Kier alpha value is -4.54. The number of thiophene rings is 1. The summed E-state index contributed by atoms with van der Waals surface area (Å²) in [6.07, 6.45) is -0.0164. The minimum atomic E-state index is -0.709. The third-order valence-electron chi connectivity index (χ3n) is 7.04. The van der Waals surface area contributed by atoms with E-state index >= 15 is 0 Å². The minimum Gasteiger partial charge on any atom is -0.459 e. The Kier molecular flexibility index (Phi) is 7.25. The molecule has 10 heteroatoms. The van der Waals surface area contributed by atoms with Crippen LogP contribution in [-0.4, -0.2) is 45.3 Å². The second kappa shape index (κ2) is 11.1. The van der Waals surface area contributed by atoms with Gasteiger partial charge in [-0.3, -0.25) is 4.57 Å². The van der Waals surface area contributed by atoms with Gasteiger partial charge in [0.25, 0.3) is 0 Å². The molecule has 0 spiro atoms. The van der Waals surface area contributed by atoms with Crippen LogP contribution in [-0.2, 0) is 14.2 Å². The lowest BCUT2D eigenvalue weighted by atomic mass is 10.1. The van der Waals surface area contributed by atoms with Crippen LogP contribution >= 0.6 is 11.3 Å². The van der Waals surface area contributed by atoms with Crippen molar-refractivity contribution in [2.75, 3.05) is 12.3 Å². The molecule has 2 aromatic carbocycles. The molecule has 41 heavy (non-hydrogen) atoms. The summed E-state index contributed by atoms with van der Waals surface area (Å²) >= 11 is 1.59. The van der Waals surface area contributed by atoms with Crippen LogP contribution in [0.4, 0.5) is 5.82 Å². The number of nitrogens with two attached hydrogens (primary N) is 1. The largest absolute Gasteiger partial charge is 0.459 e. The van der Waals surface area contributed by atoms with Crippen LogP contribution in [0.2, 0.25) is 0 Å². The van der Waals surface area contributed by atoms with Gasteiger partial charge in [-0.2, -0.15) is 0 Å². The number of esters is 2. The number of imidazole rings is 1. The lowest BCUT2D eigenvalue weighted by Crippen LogP contribution is -2.32. The zero-order valence-corrected chi connectivity index (χ0v) is 23.3. The van der Waals surface area contributed by atoms with E-state index in [9.17, 15) is 9.59 Å². The molecule has 0 bridgehead atoms. The Bertz CT molecular complexity index is 1700. The third kappa shape index (κ3) is 5.57. The van der Waals surface area contributed by atoms with Crippen molar-refractivity contribution in [2.24, 2.45) is 0 Å². The first-order valence-corrected chi connectivity index (χ1v) is 14.1. The predicted octanol–water partition coefficient (Wildman–Crippen LogP) is 5.73. The number of hydrogen-bond acceptors (Lipinski definition) is 9. The summed E-state index contributed by atoms with van der Waals surface area (Å²) in [6, 6.07) is 20.0. The molecule has 0 amide bonds. The number of aryl methyl sites for hydroxylation is 2. The molecule has 1 aliphatic heterocycles. The van der Waals surface area contributed by atoms with E-state index < -0.39 is 30.4 Å². The van der Waals surface area contributed by atoms with Gasteiger partial charge in [-0.15, -0.1) is 11.3 Å². The summed E-state index contributed by atoms with van der Waals surface area (Å²) in [5, 5.41) is 1.99. The molecule has 0 aliphatic carbocycles. The first-order chi connectivity index (χ1) is 19.9. The first kappa shape index (κ1) is 26.7. The fourth-order valence-electron chi connectivity index (χ4n) is 4.83. The monoisotopic (exact) mass is 568 g/mol. The van der Waals surface area contributed by atoms with Crippen LogP contribution in [0.15, 0.2) is 78.4 Å². The van der Waals surface area contributed by atoms with Crippen LogP contribution < -0.4 is 5.73 Å². The summed E-state index contributed by atoms with van der Waals surface area (Å²) in [5.74, 6) is -0.609. The fourth-order valence-corrected chi connectivity index (χ4v) is 5.57. The topological polar surface area (TPSA) is 119 Å². The van der Waals surface area contributed by atoms with Gasteiger partial charge in [0.1, 0.15) is 36.4 Å². The molecular formula is C31H28N4O5S. The second-order valence-electron chi connectivity index (χ2n) is 10.0. The number of carbonyl (C=O) groups excluding carboxylic acids is 2. The molecule has 3 atom stereocenters. The lowest BCUT2D eigenvalue weighted by molar-refractivity contribution is -0.0563. The second-order valence-corrected chi connectivity index (χ2v) is 11.0. The Balaban J connectivity index is 1.27. The number of carbonyl (C=O) groups is 2. The average Bonchev–Trinajstić information content (AvgIpc) is 3.72. The van der Waals surface area contributed by atoms with Gasteiger partial charge in [0, 0.05) is 16.9 Å². The predicted molar refractivity (Wildman–Crippen MR) is 156 cm³/mol. The number of benzene rings is 2. The number of nitrogen functional groups attached to an aromatic ring is 1. The highest BCUT2D eigenvalue weighted by atomic mass is 32.1. The molecule has 0 unspecified atom stereocenters. The van der Waals surface area contributed by atoms with Crippen LogP contribution in [0.1, 0.15) is 44.5 Å². The van der Waals surface area contributed by atoms with E-state index in [-0.39, 0.29) is 6.61 Å². The molecule has 2 N–H and O–H groups in total. The van der Waals surface area contributed by atoms with Gasteiger partial charge in [-0.1, -0.05) is 41.5 Å². The Morgan fingerprint density at radius 2 is 1.71 bits per heavy atom. The van der Waals surface area contributed by atoms with E-state index in [4.69, 9.17) is 19.9 Å². The molecule has 0 saturated carbocycles. The Morgan fingerprint density at radius 1 is 1.02 bits per heavy atom. The molecule has 1 aliphatic rings. The summed E-state index contributed by atoms with van der Waals surface area (Å²) in [5.41, 5.74) is 11.2. The van der Waals surface area contributed by atoms with Crippen molar-refractivity contribution >= 4 is 40.3 Å². The van der Waals surface area contributed by atoms with Gasteiger partial charge in [0.2, 0.25) is 0 Å². The van der Waals surface area contributed by atoms with Gasteiger partial charge in [-0.05, 0) is 55.6 Å². The van der Waals surface area contributed by atoms with Gasteiger partial charge < -0.3 is 19.9 Å². The number of fused-ring (bicyclic) bond motifs is 1. The van der Waals surface area contributed by atoms with Crippen molar-refractivity contribution < 1.29 is 23.8 Å². The molecule has 9 nitrogen and oxygen atoms in total. The van der Waals surface area contributed by atoms with Crippen molar-refractivity contribution in [3.05, 3.63) is 101 Å². The van der Waals surface area contributed by atoms with E-state index in [1.54, 1.807) is 52.6 Å². The average molecular weight is 569 g/mol. The van der Waals surface area contributed by atoms with Crippen molar-refractivity contribution in [1.82, 2.24) is 14.5 Å². The number of aromatic nitrogens is 3. The number of hydrogen-bond donors (Lipinski definition) is 1. The molecule has 4 heterocycles. The molecule has 5 aromatic rings. The highest BCUT2D eigenvalue weighted by molar-refractivity contribution is 7.13. The number of anilines is 1. The number of nitrogens with zero attached hydrogens (tertiary/aromatic N) is 3. The molecule has 1 saturated heterocycles. The Morgan fingerprint density at radius 3 is 2.37 bits per heavy atom. The van der Waals surface area contributed by atoms with E-state index in [1.165, 1.54) is 0 Å². The molecule has 6 rings (SSSR count). The summed E-state index contributed by atoms with van der Waals surface area (Å²) < 4.78 is 19.7. The standard InChI is InChI=1S/C31H28N4O5S/c1-18-5-9-20(10-6-18)30(36)38-16-24-23(40-31(37)21-11-7-19(2)8-12-21)15-27(39-24)35-17-33-28-22(25-4-3-13-41-25)14-26(32)34-29(28)35/h3-14,17,23-24,27H,15-16H2,1-2H3,(H2,32,34)/t23-,24-,27-/m1/s1. The smallest absolute Gasteiger partial charge is 0.338 e. The third-order valence-corrected chi connectivity index (χ3v) is 7.94. The SMILES string of the molecule is Cc1ccc(C(=O)OC[C@H]2O[C@@H](n3cnc4c(-c5cccs5)cc(N)nc43)C[C@H]2OC(=O)c2ccc(C)cc2)cc1. The highest BCUT2D eigenvalue weighted by Crippen LogP contribution is 2.37. The van der Waals surface area contributed by atoms with Crippen LogP contribution in [0.5, 0.6) is 0 Å². The van der Waals surface area contributed by atoms with Crippen molar-refractivity contribution in [2.45, 2.75) is 38.7 Å². The zero-order chi connectivity index (χ0) is 28.5. The quantitative estimate of drug-likeness (QED) is 0.247. The van der Waals surface area contributed by atoms with Gasteiger partial charge in [0.15, 0.2) is 5.65 Å². The van der Waals surface area contributed by atoms with E-state index in [0.717, 1.165) is 21.6 Å². The Labute approximate surface area is 240 Å². The summed E-state index contributed by atoms with van der Waals surface area (Å²) in [4.78, 5) is 36.0. The molecule has 208 valence electrons. The number of ether oxygens (including phenoxy) is 3. The molecule has 1 fully saturated rings. The maximum absolute atomic E-state index is 13.0. The molecular weight excluding hydrogens is 540 g/mol. The number of rotatable bonds is 7.